The maximum absolute atomic E-state index is 13.7. The molecule has 0 radical (unpaired) electrons. The van der Waals surface area contributed by atoms with Gasteiger partial charge in [-0.3, -0.25) is 9.36 Å². The Hall–Kier alpha value is -3.59. The quantitative estimate of drug-likeness (QED) is 0.476. The number of ether oxygens (including phenoxy) is 2. The number of hydrogen-bond donors (Lipinski definition) is 0. The number of furan rings is 1. The second kappa shape index (κ2) is 10.2. The van der Waals surface area contributed by atoms with Gasteiger partial charge in [0.2, 0.25) is 0 Å². The van der Waals surface area contributed by atoms with E-state index in [0.717, 1.165) is 37.4 Å². The smallest absolute Gasteiger partial charge is 0.338 e. The Morgan fingerprint density at radius 2 is 2.03 bits per heavy atom. The van der Waals surface area contributed by atoms with E-state index in [1.54, 1.807) is 31.6 Å². The zero-order valence-electron chi connectivity index (χ0n) is 20.7. The van der Waals surface area contributed by atoms with Gasteiger partial charge in [0.05, 0.1) is 35.6 Å². The van der Waals surface area contributed by atoms with Gasteiger partial charge in [0.25, 0.3) is 5.56 Å². The maximum Gasteiger partial charge on any atom is 0.338 e. The lowest BCUT2D eigenvalue weighted by Crippen LogP contribution is -2.39. The Bertz CT molecular complexity index is 1490. The molecule has 4 heterocycles. The molecule has 2 aromatic heterocycles. The Balaban J connectivity index is 1.62. The molecule has 3 aromatic rings. The molecule has 2 aliphatic heterocycles. The van der Waals surface area contributed by atoms with Gasteiger partial charge in [-0.05, 0) is 56.9 Å². The van der Waals surface area contributed by atoms with Crippen LogP contribution in [0, 0.1) is 0 Å². The molecule has 2 aliphatic rings. The number of anilines is 1. The van der Waals surface area contributed by atoms with Gasteiger partial charge in [0.1, 0.15) is 11.5 Å². The highest BCUT2D eigenvalue weighted by Gasteiger charge is 2.33. The third-order valence-corrected chi connectivity index (χ3v) is 7.46. The van der Waals surface area contributed by atoms with Gasteiger partial charge in [-0.1, -0.05) is 23.5 Å². The Labute approximate surface area is 212 Å². The van der Waals surface area contributed by atoms with E-state index < -0.39 is 12.0 Å². The standard InChI is InChI=1S/C27H29N3O5S/c1-4-34-26(32)23-17(2)28-27-30(24(23)18-9-8-10-19(15-18)33-3)25(31)21(36-27)16-20-11-12-22(35-20)29-13-6-5-7-14-29/h8-12,15-16,24H,4-7,13-14H2,1-3H3/t24-/m0/s1. The molecular formula is C27H29N3O5S. The van der Waals surface area contributed by atoms with Crippen LogP contribution in [0.1, 0.15) is 50.5 Å². The summed E-state index contributed by atoms with van der Waals surface area (Å²) in [5, 5.41) is 0. The lowest BCUT2D eigenvalue weighted by molar-refractivity contribution is -0.139. The van der Waals surface area contributed by atoms with E-state index >= 15 is 0 Å². The number of allylic oxidation sites excluding steroid dienone is 1. The summed E-state index contributed by atoms with van der Waals surface area (Å²) in [4.78, 5) is 34.1. The van der Waals surface area contributed by atoms with Crippen LogP contribution < -0.4 is 24.5 Å². The Morgan fingerprint density at radius 3 is 2.78 bits per heavy atom. The second-order valence-electron chi connectivity index (χ2n) is 8.80. The van der Waals surface area contributed by atoms with Crippen molar-refractivity contribution in [3.05, 3.63) is 78.7 Å². The summed E-state index contributed by atoms with van der Waals surface area (Å²) in [6.45, 7) is 5.71. The minimum Gasteiger partial charge on any atom is -0.497 e. The van der Waals surface area contributed by atoms with Crippen LogP contribution >= 0.6 is 11.3 Å². The SMILES string of the molecule is CCOC(=O)C1=C(C)N=c2sc(=Cc3ccc(N4CCCCC4)o3)c(=O)n2[C@H]1c1cccc(OC)c1. The number of fused-ring (bicyclic) bond motifs is 1. The summed E-state index contributed by atoms with van der Waals surface area (Å²) >= 11 is 1.28. The normalized spacial score (nSPS) is 18.1. The van der Waals surface area contributed by atoms with Crippen molar-refractivity contribution in [2.45, 2.75) is 39.2 Å². The van der Waals surface area contributed by atoms with Crippen LogP contribution in [0.15, 0.2) is 61.9 Å². The number of carbonyl (C=O) groups is 1. The van der Waals surface area contributed by atoms with Crippen molar-refractivity contribution in [3.63, 3.8) is 0 Å². The Kier molecular flexibility index (Phi) is 6.82. The molecule has 9 heteroatoms. The van der Waals surface area contributed by atoms with Crippen molar-refractivity contribution in [1.82, 2.24) is 4.57 Å². The minimum absolute atomic E-state index is 0.225. The minimum atomic E-state index is -0.682. The third kappa shape index (κ3) is 4.51. The first-order valence-corrected chi connectivity index (χ1v) is 13.0. The number of thiazole rings is 1. The van der Waals surface area contributed by atoms with Crippen LogP contribution in [0.4, 0.5) is 5.88 Å². The van der Waals surface area contributed by atoms with Crippen molar-refractivity contribution in [2.24, 2.45) is 4.99 Å². The van der Waals surface area contributed by atoms with E-state index in [9.17, 15) is 9.59 Å². The lowest BCUT2D eigenvalue weighted by Gasteiger charge is -2.25. The molecule has 8 nitrogen and oxygen atoms in total. The maximum atomic E-state index is 13.7. The number of piperidine rings is 1. The van der Waals surface area contributed by atoms with Crippen LogP contribution in [0.5, 0.6) is 5.75 Å². The van der Waals surface area contributed by atoms with E-state index in [2.05, 4.69) is 9.89 Å². The average Bonchev–Trinajstić information content (AvgIpc) is 3.48. The fourth-order valence-electron chi connectivity index (χ4n) is 4.75. The van der Waals surface area contributed by atoms with Crippen LogP contribution in [0.25, 0.3) is 6.08 Å². The summed E-state index contributed by atoms with van der Waals surface area (Å²) < 4.78 is 18.9. The molecule has 0 bridgehead atoms. The molecule has 188 valence electrons. The van der Waals surface area contributed by atoms with E-state index in [1.807, 2.05) is 36.4 Å². The van der Waals surface area contributed by atoms with E-state index in [4.69, 9.17) is 13.9 Å². The molecule has 1 saturated heterocycles. The van der Waals surface area contributed by atoms with Gasteiger partial charge >= 0.3 is 5.97 Å². The molecule has 0 amide bonds. The molecule has 1 atom stereocenters. The third-order valence-electron chi connectivity index (χ3n) is 6.48. The topological polar surface area (TPSA) is 86.3 Å². The lowest BCUT2D eigenvalue weighted by atomic mass is 9.95. The largest absolute Gasteiger partial charge is 0.497 e. The van der Waals surface area contributed by atoms with Gasteiger partial charge in [0, 0.05) is 25.2 Å². The number of rotatable bonds is 6. The molecule has 1 fully saturated rings. The number of benzene rings is 1. The zero-order chi connectivity index (χ0) is 25.2. The molecule has 36 heavy (non-hydrogen) atoms. The number of nitrogens with zero attached hydrogens (tertiary/aromatic N) is 3. The number of hydrogen-bond acceptors (Lipinski definition) is 8. The van der Waals surface area contributed by atoms with Crippen molar-refractivity contribution in [1.29, 1.82) is 0 Å². The predicted molar refractivity (Wildman–Crippen MR) is 138 cm³/mol. The summed E-state index contributed by atoms with van der Waals surface area (Å²) in [5.74, 6) is 1.58. The highest BCUT2D eigenvalue weighted by atomic mass is 32.1. The summed E-state index contributed by atoms with van der Waals surface area (Å²) in [6, 6.07) is 10.5. The van der Waals surface area contributed by atoms with Gasteiger partial charge in [0.15, 0.2) is 10.7 Å². The van der Waals surface area contributed by atoms with E-state index in [-0.39, 0.29) is 12.2 Å². The van der Waals surface area contributed by atoms with Crippen molar-refractivity contribution in [3.8, 4) is 5.75 Å². The highest BCUT2D eigenvalue weighted by Crippen LogP contribution is 2.32. The van der Waals surface area contributed by atoms with Crippen LogP contribution in [-0.4, -0.2) is 37.3 Å². The molecule has 0 spiro atoms. The van der Waals surface area contributed by atoms with Gasteiger partial charge in [-0.2, -0.15) is 0 Å². The van der Waals surface area contributed by atoms with Gasteiger partial charge in [-0.25, -0.2) is 9.79 Å². The second-order valence-corrected chi connectivity index (χ2v) is 9.81. The van der Waals surface area contributed by atoms with Gasteiger partial charge < -0.3 is 18.8 Å². The van der Waals surface area contributed by atoms with Gasteiger partial charge in [-0.15, -0.1) is 0 Å². The van der Waals surface area contributed by atoms with Crippen molar-refractivity contribution in [2.75, 3.05) is 31.7 Å². The molecule has 0 unspecified atom stereocenters. The number of methoxy groups -OCH3 is 1. The number of esters is 1. The first-order valence-electron chi connectivity index (χ1n) is 12.2. The molecular weight excluding hydrogens is 478 g/mol. The molecule has 0 aliphatic carbocycles. The monoisotopic (exact) mass is 507 g/mol. The molecule has 5 rings (SSSR count). The fourth-order valence-corrected chi connectivity index (χ4v) is 5.78. The summed E-state index contributed by atoms with van der Waals surface area (Å²) in [6.07, 6.45) is 5.30. The zero-order valence-corrected chi connectivity index (χ0v) is 21.5. The van der Waals surface area contributed by atoms with Crippen molar-refractivity contribution < 1.29 is 18.7 Å². The first-order chi connectivity index (χ1) is 17.5. The van der Waals surface area contributed by atoms with Crippen LogP contribution in [0.3, 0.4) is 0 Å². The summed E-state index contributed by atoms with van der Waals surface area (Å²) in [7, 11) is 1.58. The molecule has 1 aromatic carbocycles. The summed E-state index contributed by atoms with van der Waals surface area (Å²) in [5.41, 5.74) is 1.37. The first kappa shape index (κ1) is 24.1. The van der Waals surface area contributed by atoms with Crippen molar-refractivity contribution >= 4 is 29.3 Å². The predicted octanol–water partition coefficient (Wildman–Crippen LogP) is 3.39. The number of carbonyl (C=O) groups excluding carboxylic acids is 1. The molecule has 0 N–H and O–H groups in total. The molecule has 0 saturated carbocycles. The fraction of sp³-hybridized carbons (Fsp3) is 0.370. The Morgan fingerprint density at radius 1 is 1.22 bits per heavy atom. The number of aromatic nitrogens is 1. The highest BCUT2D eigenvalue weighted by molar-refractivity contribution is 7.07. The van der Waals surface area contributed by atoms with Crippen LogP contribution in [0.2, 0.25) is 0 Å². The van der Waals surface area contributed by atoms with Crippen LogP contribution in [-0.2, 0) is 9.53 Å². The van der Waals surface area contributed by atoms with E-state index in [0.29, 0.717) is 32.1 Å². The average molecular weight is 508 g/mol. The van der Waals surface area contributed by atoms with E-state index in [1.165, 1.54) is 17.8 Å².